The van der Waals surface area contributed by atoms with Crippen molar-refractivity contribution in [3.8, 4) is 11.5 Å². The van der Waals surface area contributed by atoms with Crippen molar-refractivity contribution in [1.29, 1.82) is 0 Å². The van der Waals surface area contributed by atoms with Gasteiger partial charge in [-0.2, -0.15) is 0 Å². The van der Waals surface area contributed by atoms with E-state index in [2.05, 4.69) is 42.0 Å². The summed E-state index contributed by atoms with van der Waals surface area (Å²) in [6.45, 7) is 8.34. The zero-order valence-corrected chi connectivity index (χ0v) is 17.5. The lowest BCUT2D eigenvalue weighted by Gasteiger charge is -2.20. The van der Waals surface area contributed by atoms with Crippen LogP contribution in [0.25, 0.3) is 0 Å². The van der Waals surface area contributed by atoms with Gasteiger partial charge in [0.05, 0.1) is 17.6 Å². The second-order valence-electron chi connectivity index (χ2n) is 7.22. The van der Waals surface area contributed by atoms with E-state index in [4.69, 9.17) is 9.47 Å². The van der Waals surface area contributed by atoms with Crippen LogP contribution in [-0.4, -0.2) is 19.6 Å². The molecule has 0 heterocycles. The molecule has 0 aromatic heterocycles. The van der Waals surface area contributed by atoms with Gasteiger partial charge < -0.3 is 14.8 Å². The van der Waals surface area contributed by atoms with Crippen molar-refractivity contribution in [2.24, 2.45) is 0 Å². The third-order valence-electron chi connectivity index (χ3n) is 4.14. The summed E-state index contributed by atoms with van der Waals surface area (Å²) < 4.78 is 11.9. The molecule has 0 aliphatic heterocycles. The van der Waals surface area contributed by atoms with E-state index in [1.54, 1.807) is 7.11 Å². The molecule has 5 heteroatoms. The average Bonchev–Trinajstić information content (AvgIpc) is 2.59. The number of rotatable bonds is 6. The first-order valence-corrected chi connectivity index (χ1v) is 9.36. The van der Waals surface area contributed by atoms with Gasteiger partial charge in [0.1, 0.15) is 11.5 Å². The SMILES string of the molecule is COc1ccccc1[C@@H](C)NC(=O)COc1ccc(C(C)(C)C)cc1Br. The Hall–Kier alpha value is -2.01. The van der Waals surface area contributed by atoms with Gasteiger partial charge in [0.15, 0.2) is 6.61 Å². The Morgan fingerprint density at radius 3 is 2.46 bits per heavy atom. The highest BCUT2D eigenvalue weighted by Crippen LogP contribution is 2.31. The highest BCUT2D eigenvalue weighted by molar-refractivity contribution is 9.10. The maximum Gasteiger partial charge on any atom is 0.258 e. The summed E-state index contributed by atoms with van der Waals surface area (Å²) in [5.41, 5.74) is 2.19. The molecular formula is C21H26BrNO3. The Labute approximate surface area is 164 Å². The van der Waals surface area contributed by atoms with Gasteiger partial charge in [0.2, 0.25) is 0 Å². The van der Waals surface area contributed by atoms with E-state index in [9.17, 15) is 4.79 Å². The van der Waals surface area contributed by atoms with Gasteiger partial charge in [-0.05, 0) is 52.0 Å². The van der Waals surface area contributed by atoms with Crippen molar-refractivity contribution in [2.75, 3.05) is 13.7 Å². The van der Waals surface area contributed by atoms with Crippen LogP contribution in [0.1, 0.15) is 44.9 Å². The van der Waals surface area contributed by atoms with Crippen LogP contribution in [0.4, 0.5) is 0 Å². The Kier molecular flexibility index (Phi) is 6.70. The molecule has 2 aromatic rings. The number of amides is 1. The average molecular weight is 420 g/mol. The molecule has 0 unspecified atom stereocenters. The smallest absolute Gasteiger partial charge is 0.258 e. The molecule has 140 valence electrons. The van der Waals surface area contributed by atoms with Crippen LogP contribution in [0, 0.1) is 0 Å². The quantitative estimate of drug-likeness (QED) is 0.715. The molecule has 4 nitrogen and oxygen atoms in total. The maximum absolute atomic E-state index is 12.2. The van der Waals surface area contributed by atoms with E-state index < -0.39 is 0 Å². The Bertz CT molecular complexity index is 768. The van der Waals surface area contributed by atoms with Crippen LogP contribution >= 0.6 is 15.9 Å². The van der Waals surface area contributed by atoms with Gasteiger partial charge in [-0.3, -0.25) is 4.79 Å². The molecule has 0 fully saturated rings. The summed E-state index contributed by atoms with van der Waals surface area (Å²) in [6.07, 6.45) is 0. The highest BCUT2D eigenvalue weighted by atomic mass is 79.9. The summed E-state index contributed by atoms with van der Waals surface area (Å²) in [5.74, 6) is 1.22. The van der Waals surface area contributed by atoms with Crippen LogP contribution in [0.5, 0.6) is 11.5 Å². The maximum atomic E-state index is 12.2. The van der Waals surface area contributed by atoms with Gasteiger partial charge >= 0.3 is 0 Å². The zero-order valence-electron chi connectivity index (χ0n) is 15.9. The Morgan fingerprint density at radius 2 is 1.85 bits per heavy atom. The molecular weight excluding hydrogens is 394 g/mol. The molecule has 26 heavy (non-hydrogen) atoms. The van der Waals surface area contributed by atoms with Crippen molar-refractivity contribution in [1.82, 2.24) is 5.32 Å². The first kappa shape index (κ1) is 20.3. The molecule has 0 bridgehead atoms. The van der Waals surface area contributed by atoms with Gasteiger partial charge in [-0.25, -0.2) is 0 Å². The Morgan fingerprint density at radius 1 is 1.15 bits per heavy atom. The molecule has 0 radical (unpaired) electrons. The summed E-state index contributed by atoms with van der Waals surface area (Å²) in [6, 6.07) is 13.4. The molecule has 0 aliphatic carbocycles. The van der Waals surface area contributed by atoms with Crippen LogP contribution in [0.3, 0.4) is 0 Å². The van der Waals surface area contributed by atoms with E-state index in [1.807, 2.05) is 49.4 Å². The van der Waals surface area contributed by atoms with Crippen LogP contribution in [-0.2, 0) is 10.2 Å². The number of carbonyl (C=O) groups excluding carboxylic acids is 1. The van der Waals surface area contributed by atoms with Gasteiger partial charge in [0, 0.05) is 5.56 Å². The molecule has 0 spiro atoms. The fraction of sp³-hybridized carbons (Fsp3) is 0.381. The summed E-state index contributed by atoms with van der Waals surface area (Å²) in [7, 11) is 1.62. The van der Waals surface area contributed by atoms with Crippen molar-refractivity contribution in [2.45, 2.75) is 39.2 Å². The lowest BCUT2D eigenvalue weighted by Crippen LogP contribution is -2.31. The minimum absolute atomic E-state index is 0.0487. The number of hydrogen-bond donors (Lipinski definition) is 1. The summed E-state index contributed by atoms with van der Waals surface area (Å²) in [4.78, 5) is 12.2. The van der Waals surface area contributed by atoms with Crippen molar-refractivity contribution in [3.05, 3.63) is 58.1 Å². The number of carbonyl (C=O) groups is 1. The van der Waals surface area contributed by atoms with E-state index in [1.165, 1.54) is 5.56 Å². The van der Waals surface area contributed by atoms with Crippen LogP contribution in [0.2, 0.25) is 0 Å². The predicted octanol–water partition coefficient (Wildman–Crippen LogP) is 5.01. The van der Waals surface area contributed by atoms with E-state index in [0.29, 0.717) is 5.75 Å². The standard InChI is InChI=1S/C21H26BrNO3/c1-14(16-8-6-7-9-18(16)25-5)23-20(24)13-26-19-11-10-15(12-17(19)22)21(2,3)4/h6-12,14H,13H2,1-5H3,(H,23,24)/t14-/m1/s1. The molecule has 0 saturated heterocycles. The van der Waals surface area contributed by atoms with E-state index >= 15 is 0 Å². The number of methoxy groups -OCH3 is 1. The molecule has 2 rings (SSSR count). The first-order chi connectivity index (χ1) is 12.2. The number of halogens is 1. The minimum atomic E-state index is -0.185. The van der Waals surface area contributed by atoms with E-state index in [0.717, 1.165) is 15.8 Å². The third kappa shape index (κ3) is 5.24. The number of benzene rings is 2. The second-order valence-corrected chi connectivity index (χ2v) is 8.07. The molecule has 1 atom stereocenters. The molecule has 1 amide bonds. The molecule has 1 N–H and O–H groups in total. The zero-order chi connectivity index (χ0) is 19.3. The van der Waals surface area contributed by atoms with Gasteiger partial charge in [0.25, 0.3) is 5.91 Å². The summed E-state index contributed by atoms with van der Waals surface area (Å²) in [5, 5.41) is 2.94. The number of para-hydroxylation sites is 1. The fourth-order valence-corrected chi connectivity index (χ4v) is 3.11. The summed E-state index contributed by atoms with van der Waals surface area (Å²) >= 11 is 3.52. The molecule has 2 aromatic carbocycles. The monoisotopic (exact) mass is 419 g/mol. The van der Waals surface area contributed by atoms with Crippen molar-refractivity contribution in [3.63, 3.8) is 0 Å². The number of nitrogens with one attached hydrogen (secondary N) is 1. The second kappa shape index (κ2) is 8.58. The minimum Gasteiger partial charge on any atom is -0.496 e. The van der Waals surface area contributed by atoms with Gasteiger partial charge in [-0.15, -0.1) is 0 Å². The van der Waals surface area contributed by atoms with Gasteiger partial charge in [-0.1, -0.05) is 45.0 Å². The predicted molar refractivity (Wildman–Crippen MR) is 108 cm³/mol. The molecule has 0 aliphatic rings. The van der Waals surface area contributed by atoms with Crippen LogP contribution in [0.15, 0.2) is 46.9 Å². The first-order valence-electron chi connectivity index (χ1n) is 8.57. The normalized spacial score (nSPS) is 12.4. The van der Waals surface area contributed by atoms with Crippen LogP contribution < -0.4 is 14.8 Å². The number of hydrogen-bond acceptors (Lipinski definition) is 3. The number of ether oxygens (including phenoxy) is 2. The lowest BCUT2D eigenvalue weighted by atomic mass is 9.87. The van der Waals surface area contributed by atoms with Crippen molar-refractivity contribution < 1.29 is 14.3 Å². The highest BCUT2D eigenvalue weighted by Gasteiger charge is 2.17. The lowest BCUT2D eigenvalue weighted by molar-refractivity contribution is -0.123. The third-order valence-corrected chi connectivity index (χ3v) is 4.76. The largest absolute Gasteiger partial charge is 0.496 e. The Balaban J connectivity index is 1.96. The fourth-order valence-electron chi connectivity index (χ4n) is 2.61. The van der Waals surface area contributed by atoms with Crippen molar-refractivity contribution >= 4 is 21.8 Å². The topological polar surface area (TPSA) is 47.6 Å². The molecule has 0 saturated carbocycles. The van der Waals surface area contributed by atoms with E-state index in [-0.39, 0.29) is 24.0 Å².